The Morgan fingerprint density at radius 1 is 1.00 bits per heavy atom. The molecule has 1 atom stereocenters. The van der Waals surface area contributed by atoms with Gasteiger partial charge in [-0.05, 0) is 41.5 Å². The van der Waals surface area contributed by atoms with Crippen molar-refractivity contribution in [1.82, 2.24) is 9.97 Å². The van der Waals surface area contributed by atoms with Gasteiger partial charge in [-0.25, -0.2) is 4.39 Å². The molecule has 0 aliphatic rings. The Balaban J connectivity index is 2.14. The van der Waals surface area contributed by atoms with Gasteiger partial charge in [0.2, 0.25) is 0 Å². The molecule has 4 N–H and O–H groups in total. The van der Waals surface area contributed by atoms with E-state index >= 15 is 0 Å². The molecule has 0 bridgehead atoms. The number of nitrogens with zero attached hydrogens (tertiary/aromatic N) is 2. The summed E-state index contributed by atoms with van der Waals surface area (Å²) in [5, 5.41) is 0. The van der Waals surface area contributed by atoms with E-state index in [1.165, 1.54) is 12.1 Å². The van der Waals surface area contributed by atoms with Crippen molar-refractivity contribution in [3.05, 3.63) is 71.8 Å². The van der Waals surface area contributed by atoms with Crippen LogP contribution in [-0.2, 0) is 5.54 Å². The topological polar surface area (TPSA) is 77.8 Å². The molecule has 2 heterocycles. The van der Waals surface area contributed by atoms with Crippen LogP contribution in [0.2, 0.25) is 0 Å². The Morgan fingerprint density at radius 3 is 2.48 bits per heavy atom. The zero-order chi connectivity index (χ0) is 14.9. The highest BCUT2D eigenvalue weighted by Gasteiger charge is 2.29. The van der Waals surface area contributed by atoms with Gasteiger partial charge in [-0.2, -0.15) is 0 Å². The highest BCUT2D eigenvalue weighted by molar-refractivity contribution is 5.74. The first-order chi connectivity index (χ1) is 10.1. The number of rotatable bonds is 3. The average Bonchev–Trinajstić information content (AvgIpc) is 2.54. The van der Waals surface area contributed by atoms with Crippen molar-refractivity contribution in [2.75, 3.05) is 6.54 Å². The lowest BCUT2D eigenvalue weighted by Crippen LogP contribution is -2.45. The lowest BCUT2D eigenvalue weighted by Gasteiger charge is -2.29. The summed E-state index contributed by atoms with van der Waals surface area (Å²) in [6.07, 6.45) is 3.40. The van der Waals surface area contributed by atoms with E-state index in [1.807, 2.05) is 18.2 Å². The summed E-state index contributed by atoms with van der Waals surface area (Å²) in [6, 6.07) is 11.6. The Morgan fingerprint density at radius 2 is 1.76 bits per heavy atom. The Bertz CT molecular complexity index is 773. The molecule has 3 aromatic rings. The molecular formula is C16H15FN4. The quantitative estimate of drug-likeness (QED) is 0.769. The summed E-state index contributed by atoms with van der Waals surface area (Å²) in [5.74, 6) is -0.309. The van der Waals surface area contributed by atoms with E-state index in [4.69, 9.17) is 11.5 Å². The number of aromatic nitrogens is 2. The molecule has 0 fully saturated rings. The van der Waals surface area contributed by atoms with Crippen LogP contribution in [0.15, 0.2) is 54.9 Å². The second kappa shape index (κ2) is 5.20. The van der Waals surface area contributed by atoms with E-state index < -0.39 is 5.54 Å². The highest BCUT2D eigenvalue weighted by atomic mass is 19.1. The second-order valence-corrected chi connectivity index (χ2v) is 4.95. The third-order valence-corrected chi connectivity index (χ3v) is 3.65. The van der Waals surface area contributed by atoms with Crippen LogP contribution >= 0.6 is 0 Å². The number of nitrogens with two attached hydrogens (primary N) is 2. The predicted octanol–water partition coefficient (Wildman–Crippen LogP) is 1.93. The first kappa shape index (κ1) is 13.6. The summed E-state index contributed by atoms with van der Waals surface area (Å²) >= 11 is 0. The van der Waals surface area contributed by atoms with Crippen LogP contribution in [0.25, 0.3) is 11.0 Å². The minimum Gasteiger partial charge on any atom is -0.328 e. The van der Waals surface area contributed by atoms with Gasteiger partial charge in [0, 0.05) is 18.9 Å². The summed E-state index contributed by atoms with van der Waals surface area (Å²) in [6.45, 7) is 0.179. The molecule has 1 unspecified atom stereocenters. The van der Waals surface area contributed by atoms with Crippen molar-refractivity contribution in [3.8, 4) is 0 Å². The normalized spacial score (nSPS) is 14.0. The highest BCUT2D eigenvalue weighted by Crippen LogP contribution is 2.27. The fourth-order valence-electron chi connectivity index (χ4n) is 2.35. The molecule has 0 saturated heterocycles. The van der Waals surface area contributed by atoms with Crippen molar-refractivity contribution in [1.29, 1.82) is 0 Å². The van der Waals surface area contributed by atoms with Crippen LogP contribution in [0.1, 0.15) is 11.1 Å². The van der Waals surface area contributed by atoms with Crippen LogP contribution in [-0.4, -0.2) is 16.5 Å². The maximum absolute atomic E-state index is 13.1. The van der Waals surface area contributed by atoms with Gasteiger partial charge in [-0.15, -0.1) is 0 Å². The fraction of sp³-hybridized carbons (Fsp3) is 0.125. The van der Waals surface area contributed by atoms with E-state index in [2.05, 4.69) is 9.97 Å². The largest absolute Gasteiger partial charge is 0.328 e. The Hall–Kier alpha value is -2.37. The molecule has 3 rings (SSSR count). The van der Waals surface area contributed by atoms with E-state index in [9.17, 15) is 4.39 Å². The van der Waals surface area contributed by atoms with Gasteiger partial charge < -0.3 is 11.5 Å². The molecule has 0 spiro atoms. The van der Waals surface area contributed by atoms with E-state index in [0.29, 0.717) is 0 Å². The Labute approximate surface area is 121 Å². The zero-order valence-corrected chi connectivity index (χ0v) is 11.3. The summed E-state index contributed by atoms with van der Waals surface area (Å²) < 4.78 is 13.1. The first-order valence-corrected chi connectivity index (χ1v) is 6.60. The minimum atomic E-state index is -0.924. The molecule has 21 heavy (non-hydrogen) atoms. The number of hydrogen-bond acceptors (Lipinski definition) is 4. The molecule has 1 aromatic carbocycles. The molecule has 106 valence electrons. The molecule has 0 saturated carbocycles. The van der Waals surface area contributed by atoms with E-state index in [1.54, 1.807) is 24.5 Å². The fourth-order valence-corrected chi connectivity index (χ4v) is 2.35. The summed E-state index contributed by atoms with van der Waals surface area (Å²) in [5.41, 5.74) is 14.5. The maximum Gasteiger partial charge on any atom is 0.123 e. The van der Waals surface area contributed by atoms with Crippen molar-refractivity contribution < 1.29 is 4.39 Å². The monoisotopic (exact) mass is 282 g/mol. The molecule has 0 radical (unpaired) electrons. The summed E-state index contributed by atoms with van der Waals surface area (Å²) in [4.78, 5) is 8.64. The van der Waals surface area contributed by atoms with Crippen LogP contribution in [0, 0.1) is 5.82 Å². The van der Waals surface area contributed by atoms with Crippen molar-refractivity contribution in [2.45, 2.75) is 5.54 Å². The van der Waals surface area contributed by atoms with E-state index in [0.717, 1.165) is 22.2 Å². The first-order valence-electron chi connectivity index (χ1n) is 6.60. The van der Waals surface area contributed by atoms with Gasteiger partial charge in [-0.1, -0.05) is 12.1 Å². The zero-order valence-electron chi connectivity index (χ0n) is 11.3. The third kappa shape index (κ3) is 2.37. The number of halogens is 1. The van der Waals surface area contributed by atoms with Gasteiger partial charge >= 0.3 is 0 Å². The maximum atomic E-state index is 13.1. The van der Waals surface area contributed by atoms with Gasteiger partial charge in [-0.3, -0.25) is 9.97 Å². The van der Waals surface area contributed by atoms with Crippen LogP contribution in [0.5, 0.6) is 0 Å². The Kier molecular flexibility index (Phi) is 3.37. The predicted molar refractivity (Wildman–Crippen MR) is 80.0 cm³/mol. The number of hydrogen-bond donors (Lipinski definition) is 2. The van der Waals surface area contributed by atoms with Crippen LogP contribution < -0.4 is 11.5 Å². The molecule has 4 nitrogen and oxygen atoms in total. The standard InChI is InChI=1S/C16H15FN4/c17-13-5-3-11(4-6-13)16(19,10-18)12-8-15-14(21-9-12)2-1-7-20-15/h1-9H,10,18-19H2. The van der Waals surface area contributed by atoms with Gasteiger partial charge in [0.15, 0.2) is 0 Å². The van der Waals surface area contributed by atoms with Crippen molar-refractivity contribution in [2.24, 2.45) is 11.5 Å². The SMILES string of the molecule is NCC(N)(c1ccc(F)cc1)c1cnc2cccnc2c1. The second-order valence-electron chi connectivity index (χ2n) is 4.95. The number of pyridine rings is 2. The molecule has 0 aliphatic carbocycles. The van der Waals surface area contributed by atoms with Crippen LogP contribution in [0.4, 0.5) is 4.39 Å². The number of fused-ring (bicyclic) bond motifs is 1. The van der Waals surface area contributed by atoms with Crippen molar-refractivity contribution >= 4 is 11.0 Å². The molecular weight excluding hydrogens is 267 g/mol. The minimum absolute atomic E-state index is 0.179. The molecule has 0 amide bonds. The molecule has 5 heteroatoms. The van der Waals surface area contributed by atoms with Crippen LogP contribution in [0.3, 0.4) is 0 Å². The molecule has 0 aliphatic heterocycles. The number of benzene rings is 1. The summed E-state index contributed by atoms with van der Waals surface area (Å²) in [7, 11) is 0. The van der Waals surface area contributed by atoms with Gasteiger partial charge in [0.25, 0.3) is 0 Å². The van der Waals surface area contributed by atoms with E-state index in [-0.39, 0.29) is 12.4 Å². The van der Waals surface area contributed by atoms with Gasteiger partial charge in [0.05, 0.1) is 16.6 Å². The van der Waals surface area contributed by atoms with Gasteiger partial charge in [0.1, 0.15) is 5.82 Å². The smallest absolute Gasteiger partial charge is 0.123 e. The molecule has 2 aromatic heterocycles. The lowest BCUT2D eigenvalue weighted by molar-refractivity contribution is 0.547. The average molecular weight is 282 g/mol. The third-order valence-electron chi connectivity index (χ3n) is 3.65. The van der Waals surface area contributed by atoms with Crippen molar-refractivity contribution in [3.63, 3.8) is 0 Å². The lowest BCUT2D eigenvalue weighted by atomic mass is 9.84.